The first-order chi connectivity index (χ1) is 9.24. The molecular weight excluding hydrogens is 276 g/mol. The maximum absolute atomic E-state index is 12.2. The van der Waals surface area contributed by atoms with Crippen LogP contribution >= 0.6 is 12.4 Å². The van der Waals surface area contributed by atoms with Gasteiger partial charge in [0.15, 0.2) is 0 Å². The third kappa shape index (κ3) is 4.12. The van der Waals surface area contributed by atoms with Crippen molar-refractivity contribution >= 4 is 18.3 Å². The number of benzene rings is 1. The van der Waals surface area contributed by atoms with Crippen molar-refractivity contribution in [3.05, 3.63) is 29.8 Å². The normalized spacial score (nSPS) is 17.7. The van der Waals surface area contributed by atoms with Crippen LogP contribution in [0.5, 0.6) is 5.75 Å². The van der Waals surface area contributed by atoms with Crippen molar-refractivity contribution < 1.29 is 9.53 Å². The fraction of sp³-hybridized carbons (Fsp3) is 0.533. The minimum atomic E-state index is 0. The molecule has 1 saturated heterocycles. The van der Waals surface area contributed by atoms with Crippen molar-refractivity contribution in [2.75, 3.05) is 20.2 Å². The monoisotopic (exact) mass is 298 g/mol. The van der Waals surface area contributed by atoms with Gasteiger partial charge in [-0.2, -0.15) is 0 Å². The molecule has 0 saturated carbocycles. The highest BCUT2D eigenvalue weighted by atomic mass is 35.5. The van der Waals surface area contributed by atoms with E-state index in [0.29, 0.717) is 13.0 Å². The van der Waals surface area contributed by atoms with Crippen LogP contribution in [0.2, 0.25) is 0 Å². The molecule has 0 radical (unpaired) electrons. The predicted octanol–water partition coefficient (Wildman–Crippen LogP) is 2.00. The number of likely N-dealkylation sites (tertiary alicyclic amines) is 1. The van der Waals surface area contributed by atoms with Gasteiger partial charge in [-0.25, -0.2) is 0 Å². The molecule has 5 heteroatoms. The molecule has 1 aromatic rings. The molecule has 1 aromatic carbocycles. The zero-order valence-electron chi connectivity index (χ0n) is 11.9. The molecular formula is C15H23ClN2O2. The fourth-order valence-corrected chi connectivity index (χ4v) is 2.60. The lowest BCUT2D eigenvalue weighted by atomic mass is 10.1. The van der Waals surface area contributed by atoms with Crippen LogP contribution in [-0.4, -0.2) is 37.0 Å². The Bertz CT molecular complexity index is 422. The molecule has 2 N–H and O–H groups in total. The lowest BCUT2D eigenvalue weighted by molar-refractivity contribution is -0.131. The molecule has 1 amide bonds. The maximum atomic E-state index is 12.2. The molecule has 20 heavy (non-hydrogen) atoms. The van der Waals surface area contributed by atoms with Gasteiger partial charge in [0, 0.05) is 25.6 Å². The topological polar surface area (TPSA) is 55.6 Å². The summed E-state index contributed by atoms with van der Waals surface area (Å²) in [5.41, 5.74) is 6.86. The molecule has 2 rings (SSSR count). The Hall–Kier alpha value is -1.26. The van der Waals surface area contributed by atoms with Gasteiger partial charge in [-0.05, 0) is 37.0 Å². The number of carbonyl (C=O) groups excluding carboxylic acids is 1. The van der Waals surface area contributed by atoms with Crippen molar-refractivity contribution in [1.29, 1.82) is 0 Å². The van der Waals surface area contributed by atoms with Gasteiger partial charge < -0.3 is 15.4 Å². The molecule has 0 spiro atoms. The lowest BCUT2D eigenvalue weighted by Crippen LogP contribution is -2.39. The van der Waals surface area contributed by atoms with E-state index >= 15 is 0 Å². The zero-order chi connectivity index (χ0) is 13.7. The summed E-state index contributed by atoms with van der Waals surface area (Å²) in [5, 5.41) is 0. The van der Waals surface area contributed by atoms with Crippen molar-refractivity contribution in [3.8, 4) is 5.75 Å². The van der Waals surface area contributed by atoms with E-state index in [1.165, 1.54) is 0 Å². The number of nitrogens with zero attached hydrogens (tertiary/aromatic N) is 1. The number of hydrogen-bond acceptors (Lipinski definition) is 3. The molecule has 1 aliphatic rings. The molecule has 1 fully saturated rings. The van der Waals surface area contributed by atoms with Crippen LogP contribution in [0.4, 0.5) is 0 Å². The Labute approximate surface area is 126 Å². The second-order valence-electron chi connectivity index (χ2n) is 4.97. The highest BCUT2D eigenvalue weighted by molar-refractivity contribution is 5.85. The number of rotatable bonds is 5. The number of methoxy groups -OCH3 is 1. The van der Waals surface area contributed by atoms with E-state index in [2.05, 4.69) is 0 Å². The van der Waals surface area contributed by atoms with E-state index in [4.69, 9.17) is 10.5 Å². The Morgan fingerprint density at radius 3 is 2.70 bits per heavy atom. The SMILES string of the molecule is COc1ccc(CCC(=O)N2CCCC2CN)cc1.Cl. The van der Waals surface area contributed by atoms with Crippen molar-refractivity contribution in [2.24, 2.45) is 5.73 Å². The van der Waals surface area contributed by atoms with Gasteiger partial charge >= 0.3 is 0 Å². The van der Waals surface area contributed by atoms with Gasteiger partial charge in [0.1, 0.15) is 5.75 Å². The van der Waals surface area contributed by atoms with Crippen molar-refractivity contribution in [1.82, 2.24) is 4.90 Å². The molecule has 1 unspecified atom stereocenters. The number of nitrogens with two attached hydrogens (primary N) is 1. The Morgan fingerprint density at radius 2 is 2.10 bits per heavy atom. The Kier molecular flexibility index (Phi) is 6.82. The number of halogens is 1. The Balaban J connectivity index is 0.00000200. The summed E-state index contributed by atoms with van der Waals surface area (Å²) in [6.45, 7) is 1.44. The summed E-state index contributed by atoms with van der Waals surface area (Å²) in [7, 11) is 1.65. The molecule has 4 nitrogen and oxygen atoms in total. The summed E-state index contributed by atoms with van der Waals surface area (Å²) in [6, 6.07) is 8.13. The Morgan fingerprint density at radius 1 is 1.40 bits per heavy atom. The highest BCUT2D eigenvalue weighted by Gasteiger charge is 2.26. The number of aryl methyl sites for hydroxylation is 1. The molecule has 0 aliphatic carbocycles. The van der Waals surface area contributed by atoms with Gasteiger partial charge in [-0.15, -0.1) is 12.4 Å². The van der Waals surface area contributed by atoms with Gasteiger partial charge in [0.2, 0.25) is 5.91 Å². The second-order valence-corrected chi connectivity index (χ2v) is 4.97. The highest BCUT2D eigenvalue weighted by Crippen LogP contribution is 2.18. The third-order valence-electron chi connectivity index (χ3n) is 3.76. The van der Waals surface area contributed by atoms with E-state index in [9.17, 15) is 4.79 Å². The standard InChI is InChI=1S/C15H22N2O2.ClH/c1-19-14-7-4-12(5-8-14)6-9-15(18)17-10-2-3-13(17)11-16;/h4-5,7-8,13H,2-3,6,9-11,16H2,1H3;1H. The van der Waals surface area contributed by atoms with Crippen LogP contribution in [0.3, 0.4) is 0 Å². The summed E-state index contributed by atoms with van der Waals surface area (Å²) < 4.78 is 5.12. The molecule has 112 valence electrons. The minimum Gasteiger partial charge on any atom is -0.497 e. The summed E-state index contributed by atoms with van der Waals surface area (Å²) in [4.78, 5) is 14.1. The summed E-state index contributed by atoms with van der Waals surface area (Å²) in [5.74, 6) is 1.07. The van der Waals surface area contributed by atoms with E-state index in [1.807, 2.05) is 29.2 Å². The first kappa shape index (κ1) is 16.8. The van der Waals surface area contributed by atoms with E-state index in [-0.39, 0.29) is 24.4 Å². The predicted molar refractivity (Wildman–Crippen MR) is 82.4 cm³/mol. The van der Waals surface area contributed by atoms with Gasteiger partial charge in [0.05, 0.1) is 7.11 Å². The van der Waals surface area contributed by atoms with Crippen LogP contribution in [0.15, 0.2) is 24.3 Å². The zero-order valence-corrected chi connectivity index (χ0v) is 12.7. The molecule has 0 bridgehead atoms. The lowest BCUT2D eigenvalue weighted by Gasteiger charge is -2.23. The first-order valence-electron chi connectivity index (χ1n) is 6.87. The van der Waals surface area contributed by atoms with Gasteiger partial charge in [-0.3, -0.25) is 4.79 Å². The minimum absolute atomic E-state index is 0. The molecule has 1 heterocycles. The van der Waals surface area contributed by atoms with Crippen LogP contribution in [0.1, 0.15) is 24.8 Å². The molecule has 1 atom stereocenters. The number of carbonyl (C=O) groups is 1. The van der Waals surface area contributed by atoms with Gasteiger partial charge in [-0.1, -0.05) is 12.1 Å². The average molecular weight is 299 g/mol. The summed E-state index contributed by atoms with van der Waals surface area (Å²) >= 11 is 0. The quantitative estimate of drug-likeness (QED) is 0.904. The maximum Gasteiger partial charge on any atom is 0.223 e. The second kappa shape index (κ2) is 8.12. The first-order valence-corrected chi connectivity index (χ1v) is 6.87. The summed E-state index contributed by atoms with van der Waals surface area (Å²) in [6.07, 6.45) is 3.46. The van der Waals surface area contributed by atoms with Crippen LogP contribution in [-0.2, 0) is 11.2 Å². The smallest absolute Gasteiger partial charge is 0.223 e. The van der Waals surface area contributed by atoms with Gasteiger partial charge in [0.25, 0.3) is 0 Å². The third-order valence-corrected chi connectivity index (χ3v) is 3.76. The van der Waals surface area contributed by atoms with Crippen LogP contribution in [0, 0.1) is 0 Å². The largest absolute Gasteiger partial charge is 0.497 e. The van der Waals surface area contributed by atoms with Crippen LogP contribution in [0.25, 0.3) is 0 Å². The number of amides is 1. The average Bonchev–Trinajstić information content (AvgIpc) is 2.93. The van der Waals surface area contributed by atoms with E-state index in [0.717, 1.165) is 37.1 Å². The number of ether oxygens (including phenoxy) is 1. The molecule has 0 aromatic heterocycles. The number of hydrogen-bond donors (Lipinski definition) is 1. The fourth-order valence-electron chi connectivity index (χ4n) is 2.60. The van der Waals surface area contributed by atoms with E-state index < -0.39 is 0 Å². The van der Waals surface area contributed by atoms with Crippen molar-refractivity contribution in [3.63, 3.8) is 0 Å². The van der Waals surface area contributed by atoms with E-state index in [1.54, 1.807) is 7.11 Å². The molecule has 1 aliphatic heterocycles. The van der Waals surface area contributed by atoms with Crippen LogP contribution < -0.4 is 10.5 Å². The van der Waals surface area contributed by atoms with Crippen molar-refractivity contribution in [2.45, 2.75) is 31.7 Å².